The van der Waals surface area contributed by atoms with E-state index >= 15 is 0 Å². The summed E-state index contributed by atoms with van der Waals surface area (Å²) in [5.41, 5.74) is 7.77. The van der Waals surface area contributed by atoms with E-state index in [1.54, 1.807) is 0 Å². The van der Waals surface area contributed by atoms with E-state index in [-0.39, 0.29) is 58.5 Å². The molecule has 19 nitrogen and oxygen atoms in total. The summed E-state index contributed by atoms with van der Waals surface area (Å²) in [6, 6.07) is 6.66. The Balaban J connectivity index is 1.14. The van der Waals surface area contributed by atoms with Crippen LogP contribution in [0.25, 0.3) is 22.3 Å². The molecule has 7 aromatic rings. The zero-order chi connectivity index (χ0) is 39.3. The molecule has 0 spiro atoms. The summed E-state index contributed by atoms with van der Waals surface area (Å²) in [4.78, 5) is 75.1. The summed E-state index contributed by atoms with van der Waals surface area (Å²) < 4.78 is 32.8. The Kier molecular flexibility index (Phi) is 11.4. The minimum absolute atomic E-state index is 0.0420. The number of imidazole rings is 2. The van der Waals surface area contributed by atoms with Gasteiger partial charge in [-0.05, 0) is 24.1 Å². The number of H-pyrrole nitrogens is 2. The van der Waals surface area contributed by atoms with Crippen molar-refractivity contribution in [1.29, 1.82) is 0 Å². The Labute approximate surface area is 331 Å². The number of amides is 2. The first-order valence-corrected chi connectivity index (χ1v) is 18.4. The molecule has 6 aromatic heterocycles. The Hall–Kier alpha value is -6.04. The minimum atomic E-state index is -1.06. The molecule has 6 heterocycles. The van der Waals surface area contributed by atoms with Crippen molar-refractivity contribution in [3.8, 4) is 5.88 Å². The number of carbonyl (C=O) groups excluding carboxylic acids is 2. The van der Waals surface area contributed by atoms with Gasteiger partial charge in [0.05, 0.1) is 31.2 Å². The fourth-order valence-corrected chi connectivity index (χ4v) is 7.40. The van der Waals surface area contributed by atoms with E-state index in [1.165, 1.54) is 50.1 Å². The lowest BCUT2D eigenvalue weighted by Crippen LogP contribution is -2.28. The number of thioether (sulfide) groups is 2. The van der Waals surface area contributed by atoms with Crippen LogP contribution in [0.4, 0.5) is 32.6 Å². The number of halogens is 4. The van der Waals surface area contributed by atoms with E-state index < -0.39 is 39.1 Å². The second-order valence-electron chi connectivity index (χ2n) is 11.2. The van der Waals surface area contributed by atoms with Gasteiger partial charge in [0, 0.05) is 12.6 Å². The number of aromatic nitrogens is 12. The highest BCUT2D eigenvalue weighted by atomic mass is 35.5. The standard InChI is InChI=1S/C31H24Cl2F2N16O3S2/c1-54-17-8-16(32)43-31(44-17)48-24(52)15(55-26-18-22(41-10-39-18)46-28(36)50-26)6-7-37-29-47-23-19(40-11-42-23)27(51-29)56-20(12-2-4-13(34)5-3-12)25(53)49-30-38-9-14(35)21(33)45-30/h2-5,8-11,15,20H,6-7H2,1H3,(H,38,45,49,53)(H,43,44,48,52)(H3,36,39,41,46,50)(H2,37,40,42,47,51)/t15-,20+/m0/s1. The second-order valence-corrected chi connectivity index (χ2v) is 14.2. The third kappa shape index (κ3) is 8.91. The van der Waals surface area contributed by atoms with Gasteiger partial charge in [0.1, 0.15) is 37.3 Å². The summed E-state index contributed by atoms with van der Waals surface area (Å²) in [6.07, 6.45) is 3.80. The van der Waals surface area contributed by atoms with E-state index in [2.05, 4.69) is 75.8 Å². The van der Waals surface area contributed by atoms with Gasteiger partial charge in [-0.3, -0.25) is 20.2 Å². The molecule has 0 unspecified atom stereocenters. The smallest absolute Gasteiger partial charge is 0.244 e. The van der Waals surface area contributed by atoms with Crippen LogP contribution in [0.5, 0.6) is 5.88 Å². The largest absolute Gasteiger partial charge is 0.481 e. The number of nitrogens with one attached hydrogen (secondary N) is 5. The molecule has 0 bridgehead atoms. The van der Waals surface area contributed by atoms with Crippen LogP contribution in [0.3, 0.4) is 0 Å². The average Bonchev–Trinajstić information content (AvgIpc) is 3.85. The highest BCUT2D eigenvalue weighted by molar-refractivity contribution is 8.00. The van der Waals surface area contributed by atoms with Gasteiger partial charge in [0.15, 0.2) is 22.3 Å². The van der Waals surface area contributed by atoms with Gasteiger partial charge in [-0.2, -0.15) is 19.9 Å². The second kappa shape index (κ2) is 16.8. The van der Waals surface area contributed by atoms with Crippen molar-refractivity contribution in [3.63, 3.8) is 0 Å². The molecule has 0 radical (unpaired) electrons. The van der Waals surface area contributed by atoms with Crippen LogP contribution in [-0.2, 0) is 9.59 Å². The lowest BCUT2D eigenvalue weighted by Gasteiger charge is -2.18. The third-order valence-electron chi connectivity index (χ3n) is 7.45. The van der Waals surface area contributed by atoms with Crippen molar-refractivity contribution < 1.29 is 23.1 Å². The first kappa shape index (κ1) is 38.2. The monoisotopic (exact) mass is 840 g/mol. The number of carbonyl (C=O) groups is 2. The lowest BCUT2D eigenvalue weighted by molar-refractivity contribution is -0.116. The number of aromatic amines is 2. The molecule has 0 fully saturated rings. The van der Waals surface area contributed by atoms with E-state index in [0.29, 0.717) is 27.3 Å². The number of nitrogens with two attached hydrogens (primary N) is 1. The summed E-state index contributed by atoms with van der Waals surface area (Å²) in [5.74, 6) is -2.67. The first-order chi connectivity index (χ1) is 27.0. The maximum atomic E-state index is 13.9. The topological polar surface area (TPSA) is 266 Å². The Morgan fingerprint density at radius 3 is 2.25 bits per heavy atom. The number of hydrogen-bond donors (Lipinski definition) is 6. The lowest BCUT2D eigenvalue weighted by atomic mass is 10.1. The van der Waals surface area contributed by atoms with Crippen LogP contribution in [-0.4, -0.2) is 90.5 Å². The zero-order valence-electron chi connectivity index (χ0n) is 28.3. The Morgan fingerprint density at radius 1 is 0.839 bits per heavy atom. The highest BCUT2D eigenvalue weighted by Gasteiger charge is 2.28. The fraction of sp³-hybridized carbons (Fsp3) is 0.161. The SMILES string of the molecule is COc1cc(Cl)nc(NC(=O)[C@H](CCNc2nc(S[C@@H](C(=O)Nc3ncc(F)c(Cl)n3)c3ccc(F)cc3)c3[nH]cnc3n2)Sc2nc(N)nc3nc[nH]c23)n1. The molecule has 2 atom stereocenters. The van der Waals surface area contributed by atoms with Gasteiger partial charge in [-0.25, -0.2) is 38.7 Å². The number of ether oxygens (including phenoxy) is 1. The van der Waals surface area contributed by atoms with Gasteiger partial charge >= 0.3 is 0 Å². The van der Waals surface area contributed by atoms with Crippen LogP contribution >= 0.6 is 46.7 Å². The van der Waals surface area contributed by atoms with Crippen molar-refractivity contribution >= 4 is 105 Å². The Morgan fingerprint density at radius 2 is 1.54 bits per heavy atom. The number of hydrogen-bond acceptors (Lipinski definition) is 17. The first-order valence-electron chi connectivity index (χ1n) is 15.9. The number of rotatable bonds is 14. The van der Waals surface area contributed by atoms with Crippen molar-refractivity contribution in [2.45, 2.75) is 27.0 Å². The molecular formula is C31H24Cl2F2N16O3S2. The maximum absolute atomic E-state index is 13.9. The van der Waals surface area contributed by atoms with Crippen LogP contribution in [0.15, 0.2) is 59.2 Å². The van der Waals surface area contributed by atoms with E-state index in [1.807, 2.05) is 0 Å². The van der Waals surface area contributed by atoms with Crippen LogP contribution in [0.1, 0.15) is 17.2 Å². The molecule has 2 amide bonds. The Bertz CT molecular complexity index is 2570. The van der Waals surface area contributed by atoms with Crippen molar-refractivity contribution in [2.24, 2.45) is 0 Å². The number of benzene rings is 1. The zero-order valence-corrected chi connectivity index (χ0v) is 31.4. The van der Waals surface area contributed by atoms with Gasteiger partial charge in [-0.1, -0.05) is 58.9 Å². The molecule has 56 heavy (non-hydrogen) atoms. The van der Waals surface area contributed by atoms with Crippen LogP contribution < -0.4 is 26.4 Å². The summed E-state index contributed by atoms with van der Waals surface area (Å²) in [6.45, 7) is 0.127. The summed E-state index contributed by atoms with van der Waals surface area (Å²) >= 11 is 14.0. The van der Waals surface area contributed by atoms with Crippen molar-refractivity contribution in [3.05, 3.63) is 76.7 Å². The molecule has 25 heteroatoms. The van der Waals surface area contributed by atoms with E-state index in [4.69, 9.17) is 33.7 Å². The summed E-state index contributed by atoms with van der Waals surface area (Å²) in [7, 11) is 1.40. The number of fused-ring (bicyclic) bond motifs is 2. The third-order valence-corrected chi connectivity index (χ3v) is 10.4. The van der Waals surface area contributed by atoms with Crippen molar-refractivity contribution in [2.75, 3.05) is 35.3 Å². The minimum Gasteiger partial charge on any atom is -0.481 e. The predicted molar refractivity (Wildman–Crippen MR) is 203 cm³/mol. The fourth-order valence-electron chi connectivity index (χ4n) is 4.92. The number of methoxy groups -OCH3 is 1. The van der Waals surface area contributed by atoms with Crippen molar-refractivity contribution in [1.82, 2.24) is 59.8 Å². The van der Waals surface area contributed by atoms with Crippen LogP contribution in [0.2, 0.25) is 10.3 Å². The summed E-state index contributed by atoms with van der Waals surface area (Å²) in [5, 5.41) is 6.60. The number of anilines is 4. The molecule has 0 saturated carbocycles. The molecule has 7 N–H and O–H groups in total. The number of nitrogens with zero attached hydrogens (tertiary/aromatic N) is 10. The maximum Gasteiger partial charge on any atom is 0.244 e. The van der Waals surface area contributed by atoms with Gasteiger partial charge in [0.2, 0.25) is 41.5 Å². The van der Waals surface area contributed by atoms with Gasteiger partial charge < -0.3 is 25.8 Å². The average molecular weight is 842 g/mol. The number of nitrogen functional groups attached to an aromatic ring is 1. The van der Waals surface area contributed by atoms with Crippen LogP contribution in [0, 0.1) is 11.6 Å². The molecule has 1 aromatic carbocycles. The van der Waals surface area contributed by atoms with Gasteiger partial charge in [-0.15, -0.1) is 0 Å². The molecule has 0 aliphatic heterocycles. The van der Waals surface area contributed by atoms with Gasteiger partial charge in [0.25, 0.3) is 0 Å². The van der Waals surface area contributed by atoms with E-state index in [9.17, 15) is 18.4 Å². The molecular weight excluding hydrogens is 817 g/mol. The normalized spacial score (nSPS) is 12.4. The molecule has 0 aliphatic carbocycles. The molecule has 286 valence electrons. The quantitative estimate of drug-likeness (QED) is 0.0631. The molecule has 0 saturated heterocycles. The van der Waals surface area contributed by atoms with E-state index in [0.717, 1.165) is 29.7 Å². The highest BCUT2D eigenvalue weighted by Crippen LogP contribution is 2.38. The predicted octanol–water partition coefficient (Wildman–Crippen LogP) is 4.85. The molecule has 7 rings (SSSR count). The molecule has 0 aliphatic rings.